The van der Waals surface area contributed by atoms with Gasteiger partial charge in [0.25, 0.3) is 0 Å². The molecule has 0 aromatic heterocycles. The molecule has 0 saturated heterocycles. The number of hydrogen-bond acceptors (Lipinski definition) is 1. The van der Waals surface area contributed by atoms with Gasteiger partial charge in [-0.25, -0.2) is 0 Å². The predicted octanol–water partition coefficient (Wildman–Crippen LogP) is 0.658. The Labute approximate surface area is 206 Å². The molecular weight excluding hydrogens is 716 g/mol. The van der Waals surface area contributed by atoms with Gasteiger partial charge in [0.05, 0.1) is 0 Å². The molecule has 0 heterocycles. The molecule has 0 bridgehead atoms. The van der Waals surface area contributed by atoms with Gasteiger partial charge >= 0.3 is 211 Å². The Bertz CT molecular complexity index is 700. The molecule has 2 aromatic rings. The first-order chi connectivity index (χ1) is 9.93. The van der Waals surface area contributed by atoms with Crippen molar-refractivity contribution in [3.8, 4) is 11.1 Å². The second-order valence-corrected chi connectivity index (χ2v) is 14.2. The van der Waals surface area contributed by atoms with E-state index in [4.69, 9.17) is 5.73 Å². The molecule has 0 aliphatic heterocycles. The van der Waals surface area contributed by atoms with Crippen LogP contribution in [0, 0.1) is 56.6 Å². The quantitative estimate of drug-likeness (QED) is 0.483. The molecule has 4 heteroatoms. The molecule has 21 heavy (non-hydrogen) atoms. The first-order valence-corrected chi connectivity index (χ1v) is 15.5. The molecule has 2 N–H and O–H groups in total. The monoisotopic (exact) mass is 733 g/mol. The molecule has 1 aliphatic rings. The SMILES string of the molecule is Cc1c(C)[c]([Re])c(-c2ccccc2C2CC2N)[c]([RaH])[c]1[Rb]. The zero-order chi connectivity index (χ0) is 15.3. The molecule has 100 valence electrons. The van der Waals surface area contributed by atoms with Gasteiger partial charge in [0, 0.05) is 0 Å². The van der Waals surface area contributed by atoms with Crippen LogP contribution in [0.3, 0.4) is 0 Å². The summed E-state index contributed by atoms with van der Waals surface area (Å²) in [6.45, 7) is 4.65. The van der Waals surface area contributed by atoms with Crippen LogP contribution in [-0.4, -0.2) is 61.6 Å². The Kier molecular flexibility index (Phi) is 6.30. The van der Waals surface area contributed by atoms with Crippen molar-refractivity contribution in [1.82, 2.24) is 0 Å². The Hall–Kier alpha value is 2.34. The van der Waals surface area contributed by atoms with Crippen molar-refractivity contribution in [2.45, 2.75) is 32.2 Å². The molecule has 0 spiro atoms. The molecule has 1 aliphatic carbocycles. The summed E-state index contributed by atoms with van der Waals surface area (Å²) in [5.74, 6) is 0.592. The summed E-state index contributed by atoms with van der Waals surface area (Å²) in [5, 5.41) is 0. The van der Waals surface area contributed by atoms with Gasteiger partial charge in [0.2, 0.25) is 0 Å². The number of rotatable bonds is 2. The summed E-state index contributed by atoms with van der Waals surface area (Å²) in [6, 6.07) is 9.40. The van der Waals surface area contributed by atoms with Crippen LogP contribution in [0.5, 0.6) is 0 Å². The van der Waals surface area contributed by atoms with Crippen molar-refractivity contribution in [1.29, 1.82) is 0 Å². The van der Waals surface area contributed by atoms with Gasteiger partial charge in [0.1, 0.15) is 0 Å². The Morgan fingerprint density at radius 3 is 2.48 bits per heavy atom. The Morgan fingerprint density at radius 1 is 1.24 bits per heavy atom. The third kappa shape index (κ3) is 3.50. The van der Waals surface area contributed by atoms with Crippen LogP contribution in [-0.2, 0) is 19.2 Å². The van der Waals surface area contributed by atoms with Crippen LogP contribution in [0.1, 0.15) is 29.0 Å². The first kappa shape index (κ1) is 18.1. The van der Waals surface area contributed by atoms with Gasteiger partial charge in [-0.15, -0.1) is 0 Å². The third-order valence-corrected chi connectivity index (χ3v) is 25.7. The van der Waals surface area contributed by atoms with Crippen molar-refractivity contribution < 1.29 is 62.0 Å². The third-order valence-electron chi connectivity index (χ3n) is 5.08. The van der Waals surface area contributed by atoms with E-state index in [1.54, 1.807) is 14.4 Å². The molecule has 1 saturated carbocycles. The van der Waals surface area contributed by atoms with Crippen LogP contribution >= 0.6 is 0 Å². The molecule has 2 unspecified atom stereocenters. The molecule has 2 aromatic carbocycles. The van der Waals surface area contributed by atoms with Gasteiger partial charge in [0.15, 0.2) is 0 Å². The standard InChI is InChI=1S/C17H16N.Ra.Rb.Re.H/c1-11-7-8-13(9-12(11)2)14-5-3-4-6-15(14)16-10-17(16)18;;;;/h3-6,16-17H,10,18H2,1-2H3;;;;. The minimum atomic E-state index is 0.381. The maximum atomic E-state index is 6.13. The van der Waals surface area contributed by atoms with Gasteiger partial charge in [-0.1, -0.05) is 0 Å². The molecule has 0 radical (unpaired) electrons. The summed E-state index contributed by atoms with van der Waals surface area (Å²) in [7, 11) is 0. The summed E-state index contributed by atoms with van der Waals surface area (Å²) < 4.78 is 5.05. The topological polar surface area (TPSA) is 26.0 Å². The van der Waals surface area contributed by atoms with Crippen LogP contribution in [0.15, 0.2) is 24.3 Å². The second-order valence-electron chi connectivity index (χ2n) is 6.28. The average molecular weight is 733 g/mol. The average Bonchev–Trinajstić information content (AvgIpc) is 3.21. The maximum absolute atomic E-state index is 6.13. The van der Waals surface area contributed by atoms with Crippen molar-refractivity contribution >= 4 is 58.8 Å². The van der Waals surface area contributed by atoms with E-state index < -0.39 is 0 Å². The van der Waals surface area contributed by atoms with E-state index in [0.29, 0.717) is 110 Å². The van der Waals surface area contributed by atoms with E-state index in [0.717, 1.165) is 6.42 Å². The Balaban J connectivity index is 2.27. The zero-order valence-electron chi connectivity index (χ0n) is 13.1. The van der Waals surface area contributed by atoms with E-state index in [1.807, 2.05) is 19.2 Å². The van der Waals surface area contributed by atoms with E-state index >= 15 is 0 Å². The van der Waals surface area contributed by atoms with E-state index in [1.165, 1.54) is 16.7 Å². The summed E-state index contributed by atoms with van der Waals surface area (Å²) in [6.07, 6.45) is 1.16. The molecule has 0 amide bonds. The second kappa shape index (κ2) is 7.29. The zero-order valence-corrected chi connectivity index (χ0v) is 29.0. The molecular formula is C17H17NRaRbRe. The normalized spacial score (nSPS) is 20.6. The van der Waals surface area contributed by atoms with Gasteiger partial charge in [-0.05, 0) is 0 Å². The fourth-order valence-corrected chi connectivity index (χ4v) is 12.5. The van der Waals surface area contributed by atoms with Crippen LogP contribution in [0.4, 0.5) is 0 Å². The number of hydrogen-bond donors (Lipinski definition) is 1. The van der Waals surface area contributed by atoms with Gasteiger partial charge in [-0.3, -0.25) is 0 Å². The van der Waals surface area contributed by atoms with E-state index in [2.05, 4.69) is 38.1 Å². The minimum absolute atomic E-state index is 0.381. The summed E-state index contributed by atoms with van der Waals surface area (Å²) in [4.78, 5) is 0. The van der Waals surface area contributed by atoms with E-state index in [9.17, 15) is 0 Å². The molecule has 2 atom stereocenters. The summed E-state index contributed by atoms with van der Waals surface area (Å²) in [5.41, 5.74) is 13.8. The van der Waals surface area contributed by atoms with Crippen LogP contribution in [0.2, 0.25) is 0 Å². The Morgan fingerprint density at radius 2 is 1.86 bits per heavy atom. The summed E-state index contributed by atoms with van der Waals surface area (Å²) >= 11 is 2.82. The molecule has 1 fully saturated rings. The van der Waals surface area contributed by atoms with E-state index in [-0.39, 0.29) is 0 Å². The fourth-order valence-electron chi connectivity index (χ4n) is 3.21. The number of benzene rings is 2. The first-order valence-electron chi connectivity index (χ1n) is 7.54. The van der Waals surface area contributed by atoms with Crippen LogP contribution < -0.4 is 9.01 Å². The number of nitrogens with two attached hydrogens (primary N) is 1. The predicted molar refractivity (Wildman–Crippen MR) is 82.7 cm³/mol. The van der Waals surface area contributed by atoms with Crippen molar-refractivity contribution in [2.24, 2.45) is 5.73 Å². The van der Waals surface area contributed by atoms with Crippen LogP contribution in [0.25, 0.3) is 11.1 Å². The fraction of sp³-hybridized carbons (Fsp3) is 0.294. The van der Waals surface area contributed by atoms with Gasteiger partial charge in [-0.2, -0.15) is 0 Å². The van der Waals surface area contributed by atoms with Crippen molar-refractivity contribution in [3.05, 3.63) is 41.0 Å². The molecule has 3 rings (SSSR count). The van der Waals surface area contributed by atoms with Gasteiger partial charge < -0.3 is 0 Å². The van der Waals surface area contributed by atoms with Crippen molar-refractivity contribution in [3.63, 3.8) is 0 Å². The van der Waals surface area contributed by atoms with Crippen molar-refractivity contribution in [2.75, 3.05) is 0 Å². The molecule has 1 nitrogen and oxygen atoms in total.